The lowest BCUT2D eigenvalue weighted by molar-refractivity contribution is 0.255. The normalized spacial score (nSPS) is 15.1. The fraction of sp³-hybridized carbons (Fsp3) is 0.429. The molecule has 0 aromatic heterocycles. The smallest absolute Gasteiger partial charge is 0.0511 e. The molecule has 1 unspecified atom stereocenters. The first kappa shape index (κ1) is 8.24. The van der Waals surface area contributed by atoms with Gasteiger partial charge >= 0.3 is 0 Å². The first-order valence-electron chi connectivity index (χ1n) is 2.91. The third-order valence-corrected chi connectivity index (χ3v) is 1.15. The Hall–Kier alpha value is -0.760. The Labute approximate surface area is 55.7 Å². The lowest BCUT2D eigenvalue weighted by atomic mass is 10.1. The van der Waals surface area contributed by atoms with Crippen molar-refractivity contribution in [3.05, 3.63) is 24.4 Å². The highest BCUT2D eigenvalue weighted by molar-refractivity contribution is 5.08. The van der Waals surface area contributed by atoms with Gasteiger partial charge in [0.25, 0.3) is 0 Å². The van der Waals surface area contributed by atoms with Gasteiger partial charge in [0.2, 0.25) is 0 Å². The molecule has 2 heteroatoms. The molecule has 0 saturated heterocycles. The van der Waals surface area contributed by atoms with Crippen LogP contribution in [-0.2, 0) is 0 Å². The van der Waals surface area contributed by atoms with Crippen molar-refractivity contribution in [2.75, 3.05) is 6.61 Å². The van der Waals surface area contributed by atoms with Crippen molar-refractivity contribution in [1.29, 1.82) is 0 Å². The van der Waals surface area contributed by atoms with Gasteiger partial charge in [-0.3, -0.25) is 0 Å². The van der Waals surface area contributed by atoms with Crippen LogP contribution in [-0.4, -0.2) is 11.7 Å². The van der Waals surface area contributed by atoms with Crippen LogP contribution in [0, 0.1) is 5.92 Å². The minimum Gasteiger partial charge on any atom is -0.402 e. The zero-order valence-corrected chi connectivity index (χ0v) is 5.67. The Morgan fingerprint density at radius 2 is 2.44 bits per heavy atom. The van der Waals surface area contributed by atoms with Crippen LogP contribution in [0.5, 0.6) is 0 Å². The van der Waals surface area contributed by atoms with E-state index in [0.29, 0.717) is 5.70 Å². The zero-order chi connectivity index (χ0) is 7.28. The molecule has 2 nitrogen and oxygen atoms in total. The molecular formula is C7H13NO. The Kier molecular flexibility index (Phi) is 3.80. The van der Waals surface area contributed by atoms with Gasteiger partial charge in [0.05, 0.1) is 6.61 Å². The van der Waals surface area contributed by atoms with Crippen LogP contribution in [0.15, 0.2) is 24.4 Å². The van der Waals surface area contributed by atoms with Gasteiger partial charge in [0.1, 0.15) is 0 Å². The summed E-state index contributed by atoms with van der Waals surface area (Å²) in [5, 5.41) is 8.58. The lowest BCUT2D eigenvalue weighted by Gasteiger charge is -2.05. The van der Waals surface area contributed by atoms with E-state index >= 15 is 0 Å². The highest BCUT2D eigenvalue weighted by Crippen LogP contribution is 2.01. The number of allylic oxidation sites excluding steroid dienone is 2. The highest BCUT2D eigenvalue weighted by atomic mass is 16.3. The monoisotopic (exact) mass is 127 g/mol. The van der Waals surface area contributed by atoms with Gasteiger partial charge in [0, 0.05) is 11.6 Å². The molecule has 0 saturated carbocycles. The number of hydrogen-bond donors (Lipinski definition) is 2. The molecule has 0 bridgehead atoms. The minimum absolute atomic E-state index is 0.0444. The van der Waals surface area contributed by atoms with Gasteiger partial charge in [-0.05, 0) is 6.08 Å². The molecule has 0 fully saturated rings. The van der Waals surface area contributed by atoms with Crippen LogP contribution in [0.4, 0.5) is 0 Å². The van der Waals surface area contributed by atoms with Gasteiger partial charge in [-0.25, -0.2) is 0 Å². The molecule has 0 heterocycles. The molecular weight excluding hydrogens is 114 g/mol. The van der Waals surface area contributed by atoms with Crippen LogP contribution < -0.4 is 5.73 Å². The third-order valence-electron chi connectivity index (χ3n) is 1.15. The first-order valence-corrected chi connectivity index (χ1v) is 2.91. The van der Waals surface area contributed by atoms with Crippen LogP contribution in [0.2, 0.25) is 0 Å². The Balaban J connectivity index is 3.84. The molecule has 0 aromatic carbocycles. The third kappa shape index (κ3) is 2.93. The summed E-state index contributed by atoms with van der Waals surface area (Å²) in [4.78, 5) is 0. The van der Waals surface area contributed by atoms with Crippen molar-refractivity contribution in [3.63, 3.8) is 0 Å². The van der Waals surface area contributed by atoms with Crippen molar-refractivity contribution in [3.8, 4) is 0 Å². The largest absolute Gasteiger partial charge is 0.402 e. The van der Waals surface area contributed by atoms with Gasteiger partial charge in [-0.15, -0.1) is 0 Å². The number of hydrogen-bond acceptors (Lipinski definition) is 2. The standard InChI is InChI=1S/C7H13NO/c1-3-4-7(8)6(2)5-9/h3-4,6,9H,1,5,8H2,2H3/b7-4+. The summed E-state index contributed by atoms with van der Waals surface area (Å²) in [5.74, 6) is 0.0444. The molecule has 0 radical (unpaired) electrons. The summed E-state index contributed by atoms with van der Waals surface area (Å²) in [6.45, 7) is 5.43. The van der Waals surface area contributed by atoms with Gasteiger partial charge in [-0.2, -0.15) is 0 Å². The second kappa shape index (κ2) is 4.15. The number of aliphatic hydroxyl groups excluding tert-OH is 1. The summed E-state index contributed by atoms with van der Waals surface area (Å²) < 4.78 is 0. The average molecular weight is 127 g/mol. The minimum atomic E-state index is 0.0444. The maximum atomic E-state index is 8.58. The molecule has 52 valence electrons. The molecule has 0 rings (SSSR count). The van der Waals surface area contributed by atoms with Crippen molar-refractivity contribution >= 4 is 0 Å². The number of rotatable bonds is 3. The maximum absolute atomic E-state index is 8.58. The van der Waals surface area contributed by atoms with E-state index in [2.05, 4.69) is 6.58 Å². The van der Waals surface area contributed by atoms with E-state index < -0.39 is 0 Å². The van der Waals surface area contributed by atoms with E-state index in [4.69, 9.17) is 10.8 Å². The van der Waals surface area contributed by atoms with E-state index in [-0.39, 0.29) is 12.5 Å². The Morgan fingerprint density at radius 1 is 1.89 bits per heavy atom. The quantitative estimate of drug-likeness (QED) is 0.546. The lowest BCUT2D eigenvalue weighted by Crippen LogP contribution is -2.11. The summed E-state index contributed by atoms with van der Waals surface area (Å²) in [5.41, 5.74) is 6.14. The molecule has 0 spiro atoms. The van der Waals surface area contributed by atoms with E-state index in [9.17, 15) is 0 Å². The van der Waals surface area contributed by atoms with Gasteiger partial charge in [0.15, 0.2) is 0 Å². The van der Waals surface area contributed by atoms with Crippen molar-refractivity contribution in [2.45, 2.75) is 6.92 Å². The predicted molar refractivity (Wildman–Crippen MR) is 38.7 cm³/mol. The number of aliphatic hydroxyl groups is 1. The van der Waals surface area contributed by atoms with Crippen molar-refractivity contribution < 1.29 is 5.11 Å². The molecule has 0 aliphatic rings. The predicted octanol–water partition coefficient (Wildman–Crippen LogP) is 0.643. The summed E-state index contributed by atoms with van der Waals surface area (Å²) in [6, 6.07) is 0. The van der Waals surface area contributed by atoms with Gasteiger partial charge < -0.3 is 10.8 Å². The Morgan fingerprint density at radius 3 is 2.78 bits per heavy atom. The molecule has 0 aromatic rings. The van der Waals surface area contributed by atoms with E-state index in [1.807, 2.05) is 6.92 Å². The van der Waals surface area contributed by atoms with Crippen LogP contribution >= 0.6 is 0 Å². The molecule has 3 N–H and O–H groups in total. The van der Waals surface area contributed by atoms with E-state index in [1.165, 1.54) is 0 Å². The Bertz CT molecular complexity index is 118. The first-order chi connectivity index (χ1) is 4.22. The molecule has 0 amide bonds. The fourth-order valence-corrected chi connectivity index (χ4v) is 0.406. The van der Waals surface area contributed by atoms with Crippen LogP contribution in [0.3, 0.4) is 0 Å². The SMILES string of the molecule is C=C/C=C(/N)C(C)CO. The summed E-state index contributed by atoms with van der Waals surface area (Å²) in [6.07, 6.45) is 3.31. The summed E-state index contributed by atoms with van der Waals surface area (Å²) >= 11 is 0. The molecule has 0 aliphatic heterocycles. The van der Waals surface area contributed by atoms with Gasteiger partial charge in [-0.1, -0.05) is 19.6 Å². The summed E-state index contributed by atoms with van der Waals surface area (Å²) in [7, 11) is 0. The molecule has 0 aliphatic carbocycles. The fourth-order valence-electron chi connectivity index (χ4n) is 0.406. The second-order valence-electron chi connectivity index (χ2n) is 1.99. The zero-order valence-electron chi connectivity index (χ0n) is 5.67. The number of nitrogens with two attached hydrogens (primary N) is 1. The van der Waals surface area contributed by atoms with E-state index in [0.717, 1.165) is 0 Å². The maximum Gasteiger partial charge on any atom is 0.0511 e. The van der Waals surface area contributed by atoms with E-state index in [1.54, 1.807) is 12.2 Å². The topological polar surface area (TPSA) is 46.2 Å². The van der Waals surface area contributed by atoms with Crippen LogP contribution in [0.25, 0.3) is 0 Å². The average Bonchev–Trinajstić information content (AvgIpc) is 1.87. The second-order valence-corrected chi connectivity index (χ2v) is 1.99. The highest BCUT2D eigenvalue weighted by Gasteiger charge is 1.99. The van der Waals surface area contributed by atoms with Crippen molar-refractivity contribution in [2.24, 2.45) is 11.7 Å². The van der Waals surface area contributed by atoms with Crippen molar-refractivity contribution in [1.82, 2.24) is 0 Å². The molecule has 9 heavy (non-hydrogen) atoms. The van der Waals surface area contributed by atoms with Crippen LogP contribution in [0.1, 0.15) is 6.92 Å². The molecule has 1 atom stereocenters.